The lowest BCUT2D eigenvalue weighted by molar-refractivity contribution is -0.105. The van der Waals surface area contributed by atoms with Gasteiger partial charge in [0.2, 0.25) is 0 Å². The average Bonchev–Trinajstić information content (AvgIpc) is 3.04. The predicted octanol–water partition coefficient (Wildman–Crippen LogP) is 7.25. The van der Waals surface area contributed by atoms with Crippen molar-refractivity contribution in [3.8, 4) is 5.75 Å². The number of para-hydroxylation sites is 1. The number of carbonyl (C=O) groups excluding carboxylic acids is 2. The number of aldehydes is 1. The van der Waals surface area contributed by atoms with E-state index in [0.717, 1.165) is 52.4 Å². The molecule has 0 amide bonds. The Labute approximate surface area is 268 Å². The van der Waals surface area contributed by atoms with Crippen LogP contribution in [0.3, 0.4) is 0 Å². The lowest BCUT2D eigenvalue weighted by atomic mass is 9.82. The van der Waals surface area contributed by atoms with Crippen molar-refractivity contribution >= 4 is 55.6 Å². The van der Waals surface area contributed by atoms with E-state index in [1.54, 1.807) is 0 Å². The largest absolute Gasteiger partial charge is 0.491 e. The van der Waals surface area contributed by atoms with Gasteiger partial charge in [-0.3, -0.25) is 4.79 Å². The lowest BCUT2D eigenvalue weighted by Gasteiger charge is -2.29. The van der Waals surface area contributed by atoms with Gasteiger partial charge in [0.25, 0.3) is 0 Å². The summed E-state index contributed by atoms with van der Waals surface area (Å²) in [6, 6.07) is 16.0. The number of hydrogen-bond donors (Lipinski definition) is 3. The molecule has 1 aliphatic carbocycles. The highest BCUT2D eigenvalue weighted by molar-refractivity contribution is 7.98. The molecule has 2 atom stereocenters. The molecule has 0 heterocycles. The summed E-state index contributed by atoms with van der Waals surface area (Å²) in [4.78, 5) is 19.3. The number of anilines is 1. The topological polar surface area (TPSA) is 104 Å². The summed E-state index contributed by atoms with van der Waals surface area (Å²) in [6.07, 6.45) is 6.07. The molecular formula is C33H50ClN5O3S. The minimum absolute atomic E-state index is 0.156. The highest BCUT2D eigenvalue weighted by Crippen LogP contribution is 2.34. The Bertz CT molecular complexity index is 1080. The molecule has 2 aromatic carbocycles. The molecule has 1 saturated carbocycles. The minimum Gasteiger partial charge on any atom is -0.491 e. The van der Waals surface area contributed by atoms with Gasteiger partial charge in [0.15, 0.2) is 6.29 Å². The average molecular weight is 632 g/mol. The van der Waals surface area contributed by atoms with E-state index in [-0.39, 0.29) is 6.10 Å². The summed E-state index contributed by atoms with van der Waals surface area (Å²) in [5.74, 6) is 4.36. The Balaban J connectivity index is 0.00000104. The molecule has 0 radical (unpaired) electrons. The van der Waals surface area contributed by atoms with Crippen molar-refractivity contribution in [1.82, 2.24) is 10.6 Å². The Kier molecular flexibility index (Phi) is 23.3. The third-order valence-corrected chi connectivity index (χ3v) is 7.99. The van der Waals surface area contributed by atoms with Gasteiger partial charge >= 0.3 is 0 Å². The zero-order valence-corrected chi connectivity index (χ0v) is 28.0. The van der Waals surface area contributed by atoms with Crippen molar-refractivity contribution < 1.29 is 14.3 Å². The van der Waals surface area contributed by atoms with E-state index < -0.39 is 0 Å². The number of nitrogens with one attached hydrogen (secondary N) is 3. The van der Waals surface area contributed by atoms with Gasteiger partial charge in [0, 0.05) is 61.8 Å². The molecule has 0 spiro atoms. The number of allylic oxidation sites excluding steroid dienone is 2. The van der Waals surface area contributed by atoms with Gasteiger partial charge in [-0.05, 0) is 88.0 Å². The fraction of sp³-hybridized carbons (Fsp3) is 0.455. The number of rotatable bonds is 13. The van der Waals surface area contributed by atoms with Crippen LogP contribution in [0.4, 0.5) is 5.69 Å². The minimum atomic E-state index is 0.156. The van der Waals surface area contributed by atoms with Crippen molar-refractivity contribution in [3.63, 3.8) is 0 Å². The molecule has 238 valence electrons. The van der Waals surface area contributed by atoms with Crippen molar-refractivity contribution in [1.29, 1.82) is 0 Å². The molecule has 43 heavy (non-hydrogen) atoms. The predicted molar refractivity (Wildman–Crippen MR) is 187 cm³/mol. The maximum Gasteiger partial charge on any atom is 0.167 e. The molecule has 8 nitrogen and oxygen atoms in total. The van der Waals surface area contributed by atoms with Gasteiger partial charge in [-0.25, -0.2) is 0 Å². The van der Waals surface area contributed by atoms with Crippen molar-refractivity contribution in [2.45, 2.75) is 58.3 Å². The van der Waals surface area contributed by atoms with E-state index in [0.29, 0.717) is 11.6 Å². The monoisotopic (exact) mass is 631 g/mol. The number of ether oxygens (including phenoxy) is 1. The summed E-state index contributed by atoms with van der Waals surface area (Å²) < 4.78 is 5.94. The van der Waals surface area contributed by atoms with Crippen LogP contribution in [0.5, 0.6) is 5.75 Å². The van der Waals surface area contributed by atoms with E-state index in [1.165, 1.54) is 31.2 Å². The van der Waals surface area contributed by atoms with E-state index in [1.807, 2.05) is 102 Å². The van der Waals surface area contributed by atoms with Crippen LogP contribution in [0.25, 0.3) is 0 Å². The maximum atomic E-state index is 11.3. The van der Waals surface area contributed by atoms with Crippen molar-refractivity contribution in [3.05, 3.63) is 70.5 Å². The first-order valence-electron chi connectivity index (χ1n) is 14.3. The van der Waals surface area contributed by atoms with Gasteiger partial charge in [-0.2, -0.15) is 22.0 Å². The van der Waals surface area contributed by atoms with Gasteiger partial charge in [-0.1, -0.05) is 36.2 Å². The van der Waals surface area contributed by atoms with Crippen LogP contribution in [0.1, 0.15) is 52.0 Å². The Morgan fingerprint density at radius 3 is 2.28 bits per heavy atom. The first-order valence-corrected chi connectivity index (χ1v) is 15.8. The van der Waals surface area contributed by atoms with Gasteiger partial charge in [0.1, 0.15) is 12.5 Å². The molecule has 2 aromatic rings. The number of nitrogens with zero attached hydrogens (tertiary/aromatic N) is 2. The number of hydrogen-bond acceptors (Lipinski definition) is 9. The van der Waals surface area contributed by atoms with Crippen LogP contribution >= 0.6 is 23.4 Å². The number of carbonyl (C=O) groups is 2. The summed E-state index contributed by atoms with van der Waals surface area (Å²) in [6.45, 7) is 14.9. The second-order valence-corrected chi connectivity index (χ2v) is 11.5. The van der Waals surface area contributed by atoms with Crippen LogP contribution in [0.2, 0.25) is 5.02 Å². The highest BCUT2D eigenvalue weighted by atomic mass is 35.5. The smallest absolute Gasteiger partial charge is 0.167 e. The molecule has 3 rings (SSSR count). The molecular weight excluding hydrogens is 582 g/mol. The molecule has 10 heteroatoms. The molecule has 0 saturated heterocycles. The molecule has 3 N–H and O–H groups in total. The van der Waals surface area contributed by atoms with Crippen molar-refractivity contribution in [2.75, 3.05) is 31.7 Å². The SMILES string of the molecule is C=NN=C.C=O.CN/C(C)=C(\C=O)NCC1CCCC(CSCc2cc(Cl)ccc2OC(C)C)C1.CNc1ccccc1. The number of thioether (sulfide) groups is 1. The summed E-state index contributed by atoms with van der Waals surface area (Å²) in [7, 11) is 3.75. The van der Waals surface area contributed by atoms with Crippen LogP contribution in [0, 0.1) is 11.8 Å². The number of halogens is 1. The quantitative estimate of drug-likeness (QED) is 0.0925. The fourth-order valence-corrected chi connectivity index (χ4v) is 5.75. The third kappa shape index (κ3) is 18.1. The molecule has 0 aliphatic heterocycles. The molecule has 0 bridgehead atoms. The highest BCUT2D eigenvalue weighted by Gasteiger charge is 2.22. The second kappa shape index (κ2) is 25.2. The lowest BCUT2D eigenvalue weighted by Crippen LogP contribution is -2.29. The van der Waals surface area contributed by atoms with Gasteiger partial charge in [-0.15, -0.1) is 0 Å². The first-order chi connectivity index (χ1) is 20.8. The fourth-order valence-electron chi connectivity index (χ4n) is 4.36. The summed E-state index contributed by atoms with van der Waals surface area (Å²) in [5.41, 5.74) is 3.90. The Morgan fingerprint density at radius 2 is 1.74 bits per heavy atom. The molecule has 1 aliphatic rings. The standard InChI is InChI=1S/C23H35ClN2O2S.C7H9N.C2H4N2.CH2O/c1-16(2)28-23-9-8-21(24)11-20(23)15-29-14-19-7-5-6-18(10-19)12-26-22(13-27)17(3)25-4;1-8-7-5-3-2-4-6-7;1-3-4-2;1-2/h8-9,11,13,16,18-19,25-26H,5-7,10,12,14-15H2,1-4H3;2-6,8H,1H3;1-2H2;1H2/b22-17+;;;. The van der Waals surface area contributed by atoms with E-state index in [2.05, 4.69) is 39.6 Å². The Hall–Kier alpha value is -3.30. The maximum absolute atomic E-state index is 11.3. The van der Waals surface area contributed by atoms with Crippen LogP contribution < -0.4 is 20.7 Å². The normalized spacial score (nSPS) is 15.8. The van der Waals surface area contributed by atoms with Crippen LogP contribution in [-0.2, 0) is 15.3 Å². The zero-order chi connectivity index (χ0) is 32.5. The van der Waals surface area contributed by atoms with E-state index in [9.17, 15) is 4.79 Å². The summed E-state index contributed by atoms with van der Waals surface area (Å²) >= 11 is 8.17. The first kappa shape index (κ1) is 39.7. The molecule has 2 unspecified atom stereocenters. The van der Waals surface area contributed by atoms with Gasteiger partial charge < -0.3 is 25.5 Å². The Morgan fingerprint density at radius 1 is 1.09 bits per heavy atom. The van der Waals surface area contributed by atoms with Crippen LogP contribution in [-0.4, -0.2) is 59.0 Å². The third-order valence-electron chi connectivity index (χ3n) is 6.53. The zero-order valence-electron chi connectivity index (χ0n) is 26.4. The van der Waals surface area contributed by atoms with Crippen molar-refractivity contribution in [2.24, 2.45) is 22.0 Å². The van der Waals surface area contributed by atoms with E-state index in [4.69, 9.17) is 21.1 Å². The second-order valence-electron chi connectivity index (χ2n) is 10.0. The molecule has 0 aromatic heterocycles. The van der Waals surface area contributed by atoms with Gasteiger partial charge in [0.05, 0.1) is 11.8 Å². The molecule has 1 fully saturated rings. The van der Waals surface area contributed by atoms with E-state index >= 15 is 0 Å². The summed E-state index contributed by atoms with van der Waals surface area (Å²) in [5, 5.41) is 16.2. The number of benzene rings is 2. The van der Waals surface area contributed by atoms with Crippen LogP contribution in [0.15, 0.2) is 70.1 Å².